The van der Waals surface area contributed by atoms with Crippen LogP contribution in [0.15, 0.2) is 18.2 Å². The Morgan fingerprint density at radius 1 is 1.48 bits per heavy atom. The molecule has 0 spiro atoms. The van der Waals surface area contributed by atoms with Crippen LogP contribution < -0.4 is 10.1 Å². The molecule has 0 aliphatic heterocycles. The van der Waals surface area contributed by atoms with Crippen molar-refractivity contribution in [2.45, 2.75) is 26.8 Å². The first kappa shape index (κ1) is 16.4. The highest BCUT2D eigenvalue weighted by molar-refractivity contribution is 5.78. The van der Waals surface area contributed by atoms with Gasteiger partial charge in [-0.1, -0.05) is 13.8 Å². The first-order valence-corrected chi connectivity index (χ1v) is 6.45. The molecular weight excluding hydrogens is 274 g/mol. The van der Waals surface area contributed by atoms with E-state index in [1.165, 1.54) is 12.1 Å². The Bertz CT molecular complexity index is 578. The Hall–Kier alpha value is -2.62. The monoisotopic (exact) mass is 291 g/mol. The molecule has 1 amide bonds. The van der Waals surface area contributed by atoms with Gasteiger partial charge in [0.05, 0.1) is 16.6 Å². The van der Waals surface area contributed by atoms with Crippen molar-refractivity contribution >= 4 is 11.6 Å². The fourth-order valence-electron chi connectivity index (χ4n) is 1.46. The smallest absolute Gasteiger partial charge is 0.312 e. The van der Waals surface area contributed by atoms with E-state index in [9.17, 15) is 14.9 Å². The number of nitro groups is 1. The molecule has 0 saturated carbocycles. The lowest BCUT2D eigenvalue weighted by molar-refractivity contribution is -0.385. The number of hydrogen-bond acceptors (Lipinski definition) is 5. The summed E-state index contributed by atoms with van der Waals surface area (Å²) in [6.45, 7) is 5.49. The molecule has 0 aliphatic rings. The quantitative estimate of drug-likeness (QED) is 0.637. The number of carbonyl (C=O) groups excluding carboxylic acids is 1. The summed E-state index contributed by atoms with van der Waals surface area (Å²) in [5, 5.41) is 22.4. The molecule has 1 unspecified atom stereocenters. The fourth-order valence-corrected chi connectivity index (χ4v) is 1.46. The maximum atomic E-state index is 11.7. The van der Waals surface area contributed by atoms with Crippen LogP contribution in [0.25, 0.3) is 0 Å². The summed E-state index contributed by atoms with van der Waals surface area (Å²) >= 11 is 0. The summed E-state index contributed by atoms with van der Waals surface area (Å²) in [7, 11) is 0. The first-order chi connectivity index (χ1) is 9.85. The van der Waals surface area contributed by atoms with Crippen LogP contribution in [0, 0.1) is 27.4 Å². The Kier molecular flexibility index (Phi) is 5.67. The van der Waals surface area contributed by atoms with E-state index in [1.54, 1.807) is 0 Å². The van der Waals surface area contributed by atoms with E-state index >= 15 is 0 Å². The van der Waals surface area contributed by atoms with E-state index < -0.39 is 4.92 Å². The number of nitrogens with one attached hydrogen (secondary N) is 1. The summed E-state index contributed by atoms with van der Waals surface area (Å²) in [4.78, 5) is 21.9. The number of nitro benzene ring substituents is 1. The number of rotatable bonds is 6. The molecule has 1 rings (SSSR count). The molecular formula is C14H17N3O4. The highest BCUT2D eigenvalue weighted by Gasteiger charge is 2.18. The van der Waals surface area contributed by atoms with Crippen molar-refractivity contribution in [2.24, 2.45) is 5.92 Å². The van der Waals surface area contributed by atoms with Gasteiger partial charge < -0.3 is 10.1 Å². The van der Waals surface area contributed by atoms with Gasteiger partial charge in [0.15, 0.2) is 12.4 Å². The molecule has 1 N–H and O–H groups in total. The molecule has 21 heavy (non-hydrogen) atoms. The normalized spacial score (nSPS) is 11.6. The number of hydrogen-bond donors (Lipinski definition) is 1. The van der Waals surface area contributed by atoms with Crippen LogP contribution in [-0.2, 0) is 4.79 Å². The van der Waals surface area contributed by atoms with Gasteiger partial charge in [-0.05, 0) is 25.0 Å². The van der Waals surface area contributed by atoms with E-state index in [4.69, 9.17) is 10.00 Å². The summed E-state index contributed by atoms with van der Waals surface area (Å²) < 4.78 is 5.18. The van der Waals surface area contributed by atoms with Gasteiger partial charge in [0.25, 0.3) is 5.91 Å². The van der Waals surface area contributed by atoms with Crippen molar-refractivity contribution in [2.75, 3.05) is 6.61 Å². The molecule has 1 aromatic rings. The minimum Gasteiger partial charge on any atom is -0.477 e. The number of amides is 1. The summed E-state index contributed by atoms with van der Waals surface area (Å²) in [6, 6.07) is 5.63. The van der Waals surface area contributed by atoms with Crippen molar-refractivity contribution < 1.29 is 14.5 Å². The maximum Gasteiger partial charge on any atom is 0.312 e. The van der Waals surface area contributed by atoms with Crippen LogP contribution in [0.1, 0.15) is 26.3 Å². The lowest BCUT2D eigenvalue weighted by Crippen LogP contribution is -2.39. The number of benzene rings is 1. The zero-order valence-corrected chi connectivity index (χ0v) is 12.1. The lowest BCUT2D eigenvalue weighted by atomic mass is 10.1. The fraction of sp³-hybridized carbons (Fsp3) is 0.429. The van der Waals surface area contributed by atoms with E-state index in [0.29, 0.717) is 0 Å². The number of nitrogens with zero attached hydrogens (tertiary/aromatic N) is 2. The van der Waals surface area contributed by atoms with Crippen molar-refractivity contribution in [1.29, 1.82) is 5.26 Å². The second-order valence-corrected chi connectivity index (χ2v) is 4.94. The number of nitriles is 1. The standard InChI is InChI=1S/C14H17N3O4/c1-9(2)10(3)16-14(18)8-21-13-5-4-11(7-15)6-12(13)17(19)20/h4-6,9-10H,8H2,1-3H3,(H,16,18). The molecule has 1 atom stereocenters. The topological polar surface area (TPSA) is 105 Å². The third-order valence-corrected chi connectivity index (χ3v) is 3.03. The molecule has 1 aromatic carbocycles. The summed E-state index contributed by atoms with van der Waals surface area (Å²) in [5.74, 6) is -0.112. The average Bonchev–Trinajstić information content (AvgIpc) is 2.44. The van der Waals surface area contributed by atoms with Crippen molar-refractivity contribution in [3.8, 4) is 11.8 Å². The van der Waals surface area contributed by atoms with Gasteiger partial charge in [-0.25, -0.2) is 0 Å². The molecule has 0 bridgehead atoms. The average molecular weight is 291 g/mol. The van der Waals surface area contributed by atoms with Crippen LogP contribution in [0.3, 0.4) is 0 Å². The first-order valence-electron chi connectivity index (χ1n) is 6.45. The Morgan fingerprint density at radius 2 is 2.14 bits per heavy atom. The largest absolute Gasteiger partial charge is 0.477 e. The SMILES string of the molecule is CC(C)C(C)NC(=O)COc1ccc(C#N)cc1[N+](=O)[O-]. The molecule has 0 fully saturated rings. The Labute approximate surface area is 122 Å². The highest BCUT2D eigenvalue weighted by atomic mass is 16.6. The van der Waals surface area contributed by atoms with E-state index in [0.717, 1.165) is 6.07 Å². The van der Waals surface area contributed by atoms with Crippen LogP contribution in [-0.4, -0.2) is 23.5 Å². The molecule has 0 radical (unpaired) electrons. The molecule has 112 valence electrons. The molecule has 0 saturated heterocycles. The van der Waals surface area contributed by atoms with Gasteiger partial charge in [-0.2, -0.15) is 5.26 Å². The highest BCUT2D eigenvalue weighted by Crippen LogP contribution is 2.27. The molecule has 7 heteroatoms. The van der Waals surface area contributed by atoms with Gasteiger partial charge in [0.2, 0.25) is 0 Å². The van der Waals surface area contributed by atoms with Crippen LogP contribution in [0.5, 0.6) is 5.75 Å². The van der Waals surface area contributed by atoms with Crippen LogP contribution >= 0.6 is 0 Å². The van der Waals surface area contributed by atoms with Gasteiger partial charge >= 0.3 is 5.69 Å². The predicted molar refractivity (Wildman–Crippen MR) is 75.7 cm³/mol. The second-order valence-electron chi connectivity index (χ2n) is 4.94. The summed E-state index contributed by atoms with van der Waals surface area (Å²) in [6.07, 6.45) is 0. The zero-order chi connectivity index (χ0) is 16.0. The van der Waals surface area contributed by atoms with E-state index in [-0.39, 0.29) is 41.5 Å². The van der Waals surface area contributed by atoms with Crippen molar-refractivity contribution in [3.63, 3.8) is 0 Å². The van der Waals surface area contributed by atoms with Crippen molar-refractivity contribution in [1.82, 2.24) is 5.32 Å². The van der Waals surface area contributed by atoms with Crippen molar-refractivity contribution in [3.05, 3.63) is 33.9 Å². The van der Waals surface area contributed by atoms with Gasteiger partial charge in [0.1, 0.15) is 0 Å². The van der Waals surface area contributed by atoms with Gasteiger partial charge in [-0.3, -0.25) is 14.9 Å². The van der Waals surface area contributed by atoms with Gasteiger partial charge in [-0.15, -0.1) is 0 Å². The van der Waals surface area contributed by atoms with Crippen LogP contribution in [0.2, 0.25) is 0 Å². The lowest BCUT2D eigenvalue weighted by Gasteiger charge is -2.17. The zero-order valence-electron chi connectivity index (χ0n) is 12.1. The molecule has 7 nitrogen and oxygen atoms in total. The molecule has 0 heterocycles. The minimum atomic E-state index is -0.648. The third-order valence-electron chi connectivity index (χ3n) is 3.03. The number of ether oxygens (including phenoxy) is 1. The summed E-state index contributed by atoms with van der Waals surface area (Å²) in [5.41, 5.74) is -0.175. The predicted octanol–water partition coefficient (Wildman–Crippen LogP) is 2.01. The maximum absolute atomic E-state index is 11.7. The van der Waals surface area contributed by atoms with E-state index in [1.807, 2.05) is 26.8 Å². The molecule has 0 aromatic heterocycles. The minimum absolute atomic E-state index is 0.0166. The Morgan fingerprint density at radius 3 is 2.67 bits per heavy atom. The van der Waals surface area contributed by atoms with Crippen LogP contribution in [0.4, 0.5) is 5.69 Å². The Balaban J connectivity index is 2.74. The second kappa shape index (κ2) is 7.24. The third kappa shape index (κ3) is 4.76. The van der Waals surface area contributed by atoms with Gasteiger partial charge in [0, 0.05) is 12.1 Å². The number of carbonyl (C=O) groups is 1. The van der Waals surface area contributed by atoms with E-state index in [2.05, 4.69) is 5.32 Å². The molecule has 0 aliphatic carbocycles.